The van der Waals surface area contributed by atoms with Crippen LogP contribution in [0, 0.1) is 0 Å². The minimum absolute atomic E-state index is 0.110. The molecule has 0 aromatic heterocycles. The summed E-state index contributed by atoms with van der Waals surface area (Å²) in [6.07, 6.45) is 0. The summed E-state index contributed by atoms with van der Waals surface area (Å²) in [7, 11) is 0. The topological polar surface area (TPSA) is 110 Å². The molecule has 0 heterocycles. The lowest BCUT2D eigenvalue weighted by atomic mass is 10.2. The van der Waals surface area contributed by atoms with Gasteiger partial charge in [-0.1, -0.05) is 0 Å². The number of hydrogen-bond donors (Lipinski definition) is 4. The fraction of sp³-hybridized carbons (Fsp3) is 0.750. The monoisotopic (exact) mass is 202 g/mol. The maximum absolute atomic E-state index is 11.2. The zero-order chi connectivity index (χ0) is 11.1. The van der Waals surface area contributed by atoms with Gasteiger partial charge in [0.25, 0.3) is 0 Å². The van der Waals surface area contributed by atoms with E-state index in [4.69, 9.17) is 11.5 Å². The molecule has 0 saturated heterocycles. The van der Waals surface area contributed by atoms with E-state index in [-0.39, 0.29) is 24.4 Å². The van der Waals surface area contributed by atoms with Crippen molar-refractivity contribution in [2.24, 2.45) is 11.5 Å². The highest BCUT2D eigenvalue weighted by molar-refractivity contribution is 5.82. The van der Waals surface area contributed by atoms with Crippen LogP contribution in [0.25, 0.3) is 0 Å². The molecular formula is C8H18N4O2. The van der Waals surface area contributed by atoms with Gasteiger partial charge in [0.1, 0.15) is 0 Å². The van der Waals surface area contributed by atoms with Crippen molar-refractivity contribution in [2.45, 2.75) is 25.9 Å². The second-order valence-electron chi connectivity index (χ2n) is 3.19. The van der Waals surface area contributed by atoms with E-state index >= 15 is 0 Å². The summed E-state index contributed by atoms with van der Waals surface area (Å²) in [5, 5.41) is 5.21. The maximum Gasteiger partial charge on any atom is 0.238 e. The van der Waals surface area contributed by atoms with Crippen molar-refractivity contribution in [2.75, 3.05) is 13.1 Å². The summed E-state index contributed by atoms with van der Waals surface area (Å²) in [5.41, 5.74) is 10.6. The van der Waals surface area contributed by atoms with Crippen molar-refractivity contribution in [1.29, 1.82) is 0 Å². The third-order valence-corrected chi connectivity index (χ3v) is 1.64. The van der Waals surface area contributed by atoms with E-state index in [2.05, 4.69) is 10.6 Å². The normalized spacial score (nSPS) is 14.3. The van der Waals surface area contributed by atoms with Crippen molar-refractivity contribution < 1.29 is 9.59 Å². The summed E-state index contributed by atoms with van der Waals surface area (Å²) in [6, 6.07) is -0.834. The molecule has 0 aromatic carbocycles. The first-order chi connectivity index (χ1) is 6.47. The molecule has 0 fully saturated rings. The fourth-order valence-electron chi connectivity index (χ4n) is 0.805. The largest absolute Gasteiger partial charge is 0.354 e. The molecule has 0 saturated carbocycles. The molecular weight excluding hydrogens is 184 g/mol. The molecule has 0 radical (unpaired) electrons. The lowest BCUT2D eigenvalue weighted by Gasteiger charge is -2.16. The Labute approximate surface area is 83.4 Å². The molecule has 6 N–H and O–H groups in total. The smallest absolute Gasteiger partial charge is 0.238 e. The van der Waals surface area contributed by atoms with E-state index < -0.39 is 6.04 Å². The third-order valence-electron chi connectivity index (χ3n) is 1.64. The first kappa shape index (κ1) is 12.9. The lowest BCUT2D eigenvalue weighted by Crippen LogP contribution is -2.50. The predicted molar refractivity (Wildman–Crippen MR) is 53.3 cm³/mol. The standard InChI is InChI=1S/C8H18N4O2/c1-5(4-11-6(2)13)12-8(14)7(10)3-9/h5,7H,3-4,9-10H2,1-2H3,(H,11,13)(H,12,14). The van der Waals surface area contributed by atoms with E-state index in [1.807, 2.05) is 0 Å². The summed E-state index contributed by atoms with van der Waals surface area (Å²) in [6.45, 7) is 3.69. The molecule has 0 aliphatic carbocycles. The number of hydrogen-bond acceptors (Lipinski definition) is 4. The van der Waals surface area contributed by atoms with Crippen LogP contribution in [-0.2, 0) is 9.59 Å². The van der Waals surface area contributed by atoms with Crippen LogP contribution in [0.5, 0.6) is 0 Å². The Morgan fingerprint density at radius 2 is 2.00 bits per heavy atom. The molecule has 0 aliphatic rings. The quantitative estimate of drug-likeness (QED) is 0.410. The van der Waals surface area contributed by atoms with Crippen LogP contribution >= 0.6 is 0 Å². The van der Waals surface area contributed by atoms with Gasteiger partial charge in [-0.3, -0.25) is 9.59 Å². The van der Waals surface area contributed by atoms with Gasteiger partial charge in [0, 0.05) is 26.1 Å². The van der Waals surface area contributed by atoms with Crippen LogP contribution in [0.3, 0.4) is 0 Å². The number of rotatable bonds is 5. The third kappa shape index (κ3) is 5.50. The summed E-state index contributed by atoms with van der Waals surface area (Å²) < 4.78 is 0. The Bertz CT molecular complexity index is 208. The maximum atomic E-state index is 11.2. The van der Waals surface area contributed by atoms with Crippen LogP contribution in [-0.4, -0.2) is 37.0 Å². The van der Waals surface area contributed by atoms with Crippen LogP contribution < -0.4 is 22.1 Å². The zero-order valence-electron chi connectivity index (χ0n) is 8.54. The number of carbonyl (C=O) groups excluding carboxylic acids is 2. The van der Waals surface area contributed by atoms with Gasteiger partial charge >= 0.3 is 0 Å². The number of carbonyl (C=O) groups is 2. The van der Waals surface area contributed by atoms with Crippen molar-refractivity contribution in [1.82, 2.24) is 10.6 Å². The molecule has 0 aliphatic heterocycles. The number of nitrogens with one attached hydrogen (secondary N) is 2. The molecule has 6 heteroatoms. The first-order valence-corrected chi connectivity index (χ1v) is 4.47. The lowest BCUT2D eigenvalue weighted by molar-refractivity contribution is -0.123. The van der Waals surface area contributed by atoms with Gasteiger partial charge in [0.15, 0.2) is 0 Å². The van der Waals surface area contributed by atoms with E-state index in [9.17, 15) is 9.59 Å². The van der Waals surface area contributed by atoms with E-state index in [0.717, 1.165) is 0 Å². The predicted octanol–water partition coefficient (Wildman–Crippen LogP) is -2.09. The van der Waals surface area contributed by atoms with Crippen molar-refractivity contribution in [3.05, 3.63) is 0 Å². The molecule has 2 atom stereocenters. The molecule has 0 bridgehead atoms. The zero-order valence-corrected chi connectivity index (χ0v) is 8.54. The average molecular weight is 202 g/mol. The molecule has 0 aromatic rings. The van der Waals surface area contributed by atoms with Gasteiger partial charge in [0.05, 0.1) is 6.04 Å². The van der Waals surface area contributed by atoms with Crippen molar-refractivity contribution in [3.8, 4) is 0 Å². The Morgan fingerprint density at radius 3 is 2.43 bits per heavy atom. The number of nitrogens with two attached hydrogens (primary N) is 2. The second-order valence-corrected chi connectivity index (χ2v) is 3.19. The highest BCUT2D eigenvalue weighted by Gasteiger charge is 2.13. The molecule has 0 spiro atoms. The molecule has 6 nitrogen and oxygen atoms in total. The van der Waals surface area contributed by atoms with E-state index in [1.54, 1.807) is 6.92 Å². The number of amides is 2. The van der Waals surface area contributed by atoms with Gasteiger partial charge in [-0.15, -0.1) is 0 Å². The van der Waals surface area contributed by atoms with Gasteiger partial charge in [-0.05, 0) is 6.92 Å². The van der Waals surface area contributed by atoms with E-state index in [0.29, 0.717) is 6.54 Å². The summed E-state index contributed by atoms with van der Waals surface area (Å²) >= 11 is 0. The summed E-state index contributed by atoms with van der Waals surface area (Å²) in [5.74, 6) is -0.431. The Morgan fingerprint density at radius 1 is 1.43 bits per heavy atom. The first-order valence-electron chi connectivity index (χ1n) is 4.47. The van der Waals surface area contributed by atoms with Crippen LogP contribution in [0.2, 0.25) is 0 Å². The second kappa shape index (κ2) is 6.33. The van der Waals surface area contributed by atoms with Gasteiger partial charge in [-0.25, -0.2) is 0 Å². The van der Waals surface area contributed by atoms with Crippen LogP contribution in [0.4, 0.5) is 0 Å². The van der Waals surface area contributed by atoms with Crippen molar-refractivity contribution in [3.63, 3.8) is 0 Å². The van der Waals surface area contributed by atoms with E-state index in [1.165, 1.54) is 6.92 Å². The molecule has 2 unspecified atom stereocenters. The SMILES string of the molecule is CC(=O)NCC(C)NC(=O)C(N)CN. The highest BCUT2D eigenvalue weighted by atomic mass is 16.2. The molecule has 0 rings (SSSR count). The Balaban J connectivity index is 3.76. The van der Waals surface area contributed by atoms with Crippen LogP contribution in [0.15, 0.2) is 0 Å². The Kier molecular flexibility index (Phi) is 5.82. The van der Waals surface area contributed by atoms with Crippen molar-refractivity contribution >= 4 is 11.8 Å². The Hall–Kier alpha value is -1.14. The highest BCUT2D eigenvalue weighted by Crippen LogP contribution is 1.82. The van der Waals surface area contributed by atoms with Gasteiger partial charge in [0.2, 0.25) is 11.8 Å². The summed E-state index contributed by atoms with van der Waals surface area (Å²) in [4.78, 5) is 21.8. The van der Waals surface area contributed by atoms with Crippen LogP contribution in [0.1, 0.15) is 13.8 Å². The van der Waals surface area contributed by atoms with Gasteiger partial charge in [-0.2, -0.15) is 0 Å². The molecule has 2 amide bonds. The minimum atomic E-state index is -0.685. The van der Waals surface area contributed by atoms with Gasteiger partial charge < -0.3 is 22.1 Å². The molecule has 14 heavy (non-hydrogen) atoms. The molecule has 82 valence electrons. The fourth-order valence-corrected chi connectivity index (χ4v) is 0.805. The minimum Gasteiger partial charge on any atom is -0.354 e. The average Bonchev–Trinajstić information content (AvgIpc) is 2.13.